The number of nitrogens with zero attached hydrogens (tertiary/aromatic N) is 1. The van der Waals surface area contributed by atoms with E-state index in [1.54, 1.807) is 6.07 Å². The Bertz CT molecular complexity index is 746. The maximum Gasteiger partial charge on any atom is 0.290 e. The first kappa shape index (κ1) is 16.6. The van der Waals surface area contributed by atoms with Crippen molar-refractivity contribution in [2.75, 3.05) is 13.7 Å². The standard InChI is InChI=1S/C17H17F2NO4/c1-23-9-12-3-5-16(24-12)17(22)20-8-11(21)7-15(20)10-2-4-13(18)14(19)6-10/h2-6,11,15,21H,7-9H2,1H3/t11-,15-/m0/s1. The van der Waals surface area contributed by atoms with E-state index in [1.807, 2.05) is 0 Å². The first-order chi connectivity index (χ1) is 11.5. The number of aliphatic hydroxyl groups excluding tert-OH is 1. The van der Waals surface area contributed by atoms with E-state index in [1.165, 1.54) is 24.1 Å². The Labute approximate surface area is 137 Å². The lowest BCUT2D eigenvalue weighted by molar-refractivity contribution is 0.0676. The molecule has 1 aromatic heterocycles. The Morgan fingerprint density at radius 2 is 2.12 bits per heavy atom. The first-order valence-electron chi connectivity index (χ1n) is 7.51. The summed E-state index contributed by atoms with van der Waals surface area (Å²) in [6.07, 6.45) is -0.483. The van der Waals surface area contributed by atoms with Gasteiger partial charge in [0.25, 0.3) is 5.91 Å². The van der Waals surface area contributed by atoms with Crippen LogP contribution in [0.2, 0.25) is 0 Å². The van der Waals surface area contributed by atoms with Crippen molar-refractivity contribution in [2.24, 2.45) is 0 Å². The van der Waals surface area contributed by atoms with Crippen molar-refractivity contribution in [3.63, 3.8) is 0 Å². The van der Waals surface area contributed by atoms with Gasteiger partial charge in [0, 0.05) is 13.7 Å². The van der Waals surface area contributed by atoms with E-state index in [9.17, 15) is 18.7 Å². The predicted molar refractivity (Wildman–Crippen MR) is 80.2 cm³/mol. The van der Waals surface area contributed by atoms with Crippen LogP contribution in [0.1, 0.15) is 34.3 Å². The van der Waals surface area contributed by atoms with Crippen molar-refractivity contribution in [3.8, 4) is 0 Å². The van der Waals surface area contributed by atoms with Gasteiger partial charge in [-0.25, -0.2) is 8.78 Å². The van der Waals surface area contributed by atoms with Gasteiger partial charge in [0.15, 0.2) is 17.4 Å². The second kappa shape index (κ2) is 6.70. The molecule has 0 bridgehead atoms. The van der Waals surface area contributed by atoms with Crippen LogP contribution in [0.3, 0.4) is 0 Å². The number of β-amino-alcohol motifs (C(OH)–C–C–N with tert-alkyl or cyclic N) is 1. The summed E-state index contributed by atoms with van der Waals surface area (Å²) < 4.78 is 37.0. The molecule has 0 radical (unpaired) electrons. The number of hydrogen-bond acceptors (Lipinski definition) is 4. The van der Waals surface area contributed by atoms with Gasteiger partial charge in [-0.15, -0.1) is 0 Å². The number of carbonyl (C=O) groups is 1. The molecule has 2 atom stereocenters. The van der Waals surface area contributed by atoms with Crippen LogP contribution in [0.4, 0.5) is 8.78 Å². The molecule has 3 rings (SSSR count). The number of rotatable bonds is 4. The van der Waals surface area contributed by atoms with E-state index in [4.69, 9.17) is 9.15 Å². The van der Waals surface area contributed by atoms with Crippen LogP contribution in [0.25, 0.3) is 0 Å². The lowest BCUT2D eigenvalue weighted by Gasteiger charge is -2.24. The van der Waals surface area contributed by atoms with E-state index in [-0.39, 0.29) is 25.3 Å². The largest absolute Gasteiger partial charge is 0.453 e. The molecule has 0 unspecified atom stereocenters. The quantitative estimate of drug-likeness (QED) is 0.932. The van der Waals surface area contributed by atoms with Crippen LogP contribution in [-0.4, -0.2) is 35.7 Å². The minimum Gasteiger partial charge on any atom is -0.453 e. The Kier molecular flexibility index (Phi) is 4.64. The normalized spacial score (nSPS) is 20.6. The first-order valence-corrected chi connectivity index (χ1v) is 7.51. The lowest BCUT2D eigenvalue weighted by atomic mass is 10.0. The molecule has 1 aromatic carbocycles. The summed E-state index contributed by atoms with van der Waals surface area (Å²) in [6, 6.07) is 6.11. The Morgan fingerprint density at radius 3 is 2.83 bits per heavy atom. The highest BCUT2D eigenvalue weighted by Gasteiger charge is 2.37. The monoisotopic (exact) mass is 337 g/mol. The Balaban J connectivity index is 1.86. The number of aliphatic hydroxyl groups is 1. The van der Waals surface area contributed by atoms with Crippen LogP contribution < -0.4 is 0 Å². The summed E-state index contributed by atoms with van der Waals surface area (Å²) in [5, 5.41) is 9.93. The van der Waals surface area contributed by atoms with Crippen LogP contribution in [-0.2, 0) is 11.3 Å². The molecule has 1 amide bonds. The number of hydrogen-bond donors (Lipinski definition) is 1. The van der Waals surface area contributed by atoms with Crippen molar-refractivity contribution in [2.45, 2.75) is 25.2 Å². The number of ether oxygens (including phenoxy) is 1. The highest BCUT2D eigenvalue weighted by Crippen LogP contribution is 2.34. The fourth-order valence-electron chi connectivity index (χ4n) is 2.93. The van der Waals surface area contributed by atoms with Crippen molar-refractivity contribution in [1.82, 2.24) is 4.90 Å². The van der Waals surface area contributed by atoms with Gasteiger partial charge in [-0.1, -0.05) is 6.07 Å². The highest BCUT2D eigenvalue weighted by atomic mass is 19.2. The summed E-state index contributed by atoms with van der Waals surface area (Å²) in [7, 11) is 1.51. The highest BCUT2D eigenvalue weighted by molar-refractivity contribution is 5.92. The molecular weight excluding hydrogens is 320 g/mol. The SMILES string of the molecule is COCc1ccc(C(=O)N2C[C@@H](O)C[C@H]2c2ccc(F)c(F)c2)o1. The average molecular weight is 337 g/mol. The van der Waals surface area contributed by atoms with Gasteiger partial charge in [0.1, 0.15) is 12.4 Å². The molecule has 2 aromatic rings. The zero-order valence-corrected chi connectivity index (χ0v) is 13.0. The number of likely N-dealkylation sites (tertiary alicyclic amines) is 1. The van der Waals surface area contributed by atoms with Crippen molar-refractivity contribution in [3.05, 3.63) is 59.1 Å². The van der Waals surface area contributed by atoms with Gasteiger partial charge >= 0.3 is 0 Å². The van der Waals surface area contributed by atoms with Gasteiger partial charge in [-0.2, -0.15) is 0 Å². The molecule has 0 aliphatic carbocycles. The molecular formula is C17H17F2NO4. The van der Waals surface area contributed by atoms with Gasteiger partial charge in [0.05, 0.1) is 12.1 Å². The molecule has 1 N–H and O–H groups in total. The van der Waals surface area contributed by atoms with E-state index in [2.05, 4.69) is 0 Å². The smallest absolute Gasteiger partial charge is 0.290 e. The van der Waals surface area contributed by atoms with Gasteiger partial charge in [0.2, 0.25) is 0 Å². The third-order valence-electron chi connectivity index (χ3n) is 4.03. The van der Waals surface area contributed by atoms with E-state index in [0.29, 0.717) is 11.3 Å². The van der Waals surface area contributed by atoms with Crippen LogP contribution in [0.15, 0.2) is 34.7 Å². The summed E-state index contributed by atoms with van der Waals surface area (Å²) in [5.41, 5.74) is 0.433. The fraction of sp³-hybridized carbons (Fsp3) is 0.353. The van der Waals surface area contributed by atoms with Crippen molar-refractivity contribution in [1.29, 1.82) is 0 Å². The Morgan fingerprint density at radius 1 is 1.33 bits per heavy atom. The minimum absolute atomic E-state index is 0.100. The molecule has 2 heterocycles. The van der Waals surface area contributed by atoms with Gasteiger partial charge in [-0.05, 0) is 36.2 Å². The molecule has 1 saturated heterocycles. The molecule has 0 spiro atoms. The van der Waals surface area contributed by atoms with E-state index in [0.717, 1.165) is 12.1 Å². The van der Waals surface area contributed by atoms with E-state index >= 15 is 0 Å². The molecule has 7 heteroatoms. The lowest BCUT2D eigenvalue weighted by Crippen LogP contribution is -2.31. The number of carbonyl (C=O) groups excluding carboxylic acids is 1. The maximum atomic E-state index is 13.5. The molecule has 1 aliphatic rings. The summed E-state index contributed by atoms with van der Waals surface area (Å²) in [5.74, 6) is -1.73. The Hall–Kier alpha value is -2.25. The number of furan rings is 1. The van der Waals surface area contributed by atoms with Gasteiger partial charge < -0.3 is 19.2 Å². The second-order valence-electron chi connectivity index (χ2n) is 5.74. The topological polar surface area (TPSA) is 62.9 Å². The summed E-state index contributed by atoms with van der Waals surface area (Å²) >= 11 is 0. The van der Waals surface area contributed by atoms with Gasteiger partial charge in [-0.3, -0.25) is 4.79 Å². The molecule has 0 saturated carbocycles. The second-order valence-corrected chi connectivity index (χ2v) is 5.74. The average Bonchev–Trinajstić information content (AvgIpc) is 3.16. The number of methoxy groups -OCH3 is 1. The van der Waals surface area contributed by atoms with Crippen molar-refractivity contribution < 1.29 is 27.8 Å². The molecule has 1 aliphatic heterocycles. The van der Waals surface area contributed by atoms with Crippen LogP contribution in [0, 0.1) is 11.6 Å². The van der Waals surface area contributed by atoms with Crippen LogP contribution in [0.5, 0.6) is 0 Å². The molecule has 1 fully saturated rings. The predicted octanol–water partition coefficient (Wildman–Crippen LogP) is 2.65. The minimum atomic E-state index is -0.985. The summed E-state index contributed by atoms with van der Waals surface area (Å²) in [4.78, 5) is 14.1. The fourth-order valence-corrected chi connectivity index (χ4v) is 2.93. The number of halogens is 2. The summed E-state index contributed by atoms with van der Waals surface area (Å²) in [6.45, 7) is 0.339. The number of amides is 1. The maximum absolute atomic E-state index is 13.5. The molecule has 5 nitrogen and oxygen atoms in total. The third-order valence-corrected chi connectivity index (χ3v) is 4.03. The third kappa shape index (κ3) is 3.18. The number of benzene rings is 1. The zero-order valence-electron chi connectivity index (χ0n) is 13.0. The molecule has 128 valence electrons. The van der Waals surface area contributed by atoms with Crippen LogP contribution >= 0.6 is 0 Å². The molecule has 24 heavy (non-hydrogen) atoms. The zero-order chi connectivity index (χ0) is 17.3. The van der Waals surface area contributed by atoms with Crippen molar-refractivity contribution >= 4 is 5.91 Å². The van der Waals surface area contributed by atoms with E-state index < -0.39 is 29.7 Å².